The normalized spacial score (nSPS) is 11.0. The van der Waals surface area contributed by atoms with Crippen molar-refractivity contribution in [1.82, 2.24) is 14.8 Å². The fourth-order valence-electron chi connectivity index (χ4n) is 1.96. The highest BCUT2D eigenvalue weighted by Gasteiger charge is 2.16. The third-order valence-electron chi connectivity index (χ3n) is 2.81. The fourth-order valence-corrected chi connectivity index (χ4v) is 2.38. The summed E-state index contributed by atoms with van der Waals surface area (Å²) in [7, 11) is 0. The van der Waals surface area contributed by atoms with E-state index in [-0.39, 0.29) is 5.69 Å². The Bertz CT molecular complexity index is 625. The van der Waals surface area contributed by atoms with Crippen LogP contribution in [-0.4, -0.2) is 19.7 Å². The third-order valence-corrected chi connectivity index (χ3v) is 3.31. The lowest BCUT2D eigenvalue weighted by molar-refractivity contribution is -0.384. The standard InChI is InChI=1S/C13H15BrN4O2/c1-9(2)8-17-12(7-14)15-16-13(17)10-4-3-5-11(6-10)18(19)20/h3-6,9H,7-8H2,1-2H3. The van der Waals surface area contributed by atoms with Gasteiger partial charge in [-0.2, -0.15) is 0 Å². The van der Waals surface area contributed by atoms with Gasteiger partial charge in [0.1, 0.15) is 5.82 Å². The van der Waals surface area contributed by atoms with Gasteiger partial charge in [-0.05, 0) is 5.92 Å². The molecular weight excluding hydrogens is 324 g/mol. The van der Waals surface area contributed by atoms with Crippen LogP contribution in [0.4, 0.5) is 5.69 Å². The number of nitro groups is 1. The van der Waals surface area contributed by atoms with Gasteiger partial charge in [0.25, 0.3) is 5.69 Å². The molecule has 6 nitrogen and oxygen atoms in total. The number of nitro benzene ring substituents is 1. The van der Waals surface area contributed by atoms with Crippen LogP contribution in [0, 0.1) is 16.0 Å². The molecule has 20 heavy (non-hydrogen) atoms. The smallest absolute Gasteiger partial charge is 0.270 e. The van der Waals surface area contributed by atoms with Gasteiger partial charge in [0.05, 0.1) is 10.3 Å². The molecule has 0 spiro atoms. The van der Waals surface area contributed by atoms with Gasteiger partial charge in [-0.3, -0.25) is 10.1 Å². The average molecular weight is 339 g/mol. The molecule has 0 aliphatic rings. The van der Waals surface area contributed by atoms with Gasteiger partial charge in [0.15, 0.2) is 5.82 Å². The van der Waals surface area contributed by atoms with E-state index in [0.29, 0.717) is 22.6 Å². The molecule has 7 heteroatoms. The molecule has 0 amide bonds. The van der Waals surface area contributed by atoms with Crippen LogP contribution in [0.15, 0.2) is 24.3 Å². The fraction of sp³-hybridized carbons (Fsp3) is 0.385. The molecule has 2 aromatic rings. The van der Waals surface area contributed by atoms with Crippen molar-refractivity contribution in [3.05, 3.63) is 40.2 Å². The molecule has 0 bridgehead atoms. The summed E-state index contributed by atoms with van der Waals surface area (Å²) in [6.45, 7) is 4.98. The third kappa shape index (κ3) is 3.04. The Balaban J connectivity index is 2.49. The van der Waals surface area contributed by atoms with Crippen LogP contribution in [-0.2, 0) is 11.9 Å². The lowest BCUT2D eigenvalue weighted by Crippen LogP contribution is -2.09. The zero-order chi connectivity index (χ0) is 14.7. The van der Waals surface area contributed by atoms with E-state index in [1.165, 1.54) is 12.1 Å². The second-order valence-electron chi connectivity index (χ2n) is 4.89. The minimum absolute atomic E-state index is 0.0574. The van der Waals surface area contributed by atoms with Crippen molar-refractivity contribution >= 4 is 21.6 Å². The van der Waals surface area contributed by atoms with Crippen molar-refractivity contribution in [2.24, 2.45) is 5.92 Å². The van der Waals surface area contributed by atoms with Crippen LogP contribution in [0.5, 0.6) is 0 Å². The maximum atomic E-state index is 10.9. The highest BCUT2D eigenvalue weighted by molar-refractivity contribution is 9.08. The summed E-state index contributed by atoms with van der Waals surface area (Å²) in [4.78, 5) is 10.5. The van der Waals surface area contributed by atoms with Crippen LogP contribution < -0.4 is 0 Å². The molecule has 0 aliphatic carbocycles. The number of non-ortho nitro benzene ring substituents is 1. The molecule has 0 N–H and O–H groups in total. The van der Waals surface area contributed by atoms with E-state index < -0.39 is 4.92 Å². The molecule has 0 radical (unpaired) electrons. The number of halogens is 1. The summed E-state index contributed by atoms with van der Waals surface area (Å²) in [5, 5.41) is 19.8. The summed E-state index contributed by atoms with van der Waals surface area (Å²) < 4.78 is 2.00. The molecular formula is C13H15BrN4O2. The summed E-state index contributed by atoms with van der Waals surface area (Å²) >= 11 is 3.39. The zero-order valence-corrected chi connectivity index (χ0v) is 12.9. The van der Waals surface area contributed by atoms with Crippen LogP contribution in [0.3, 0.4) is 0 Å². The van der Waals surface area contributed by atoms with Gasteiger partial charge in [0, 0.05) is 24.2 Å². The van der Waals surface area contributed by atoms with E-state index in [2.05, 4.69) is 40.0 Å². The van der Waals surface area contributed by atoms with Crippen molar-refractivity contribution in [3.8, 4) is 11.4 Å². The maximum Gasteiger partial charge on any atom is 0.270 e. The first kappa shape index (κ1) is 14.6. The number of alkyl halides is 1. The number of rotatable bonds is 5. The van der Waals surface area contributed by atoms with Crippen molar-refractivity contribution < 1.29 is 4.92 Å². The Kier molecular flexibility index (Phi) is 4.49. The minimum Gasteiger partial charge on any atom is -0.310 e. The summed E-state index contributed by atoms with van der Waals surface area (Å²) in [5.74, 6) is 1.92. The number of nitrogens with zero attached hydrogens (tertiary/aromatic N) is 4. The zero-order valence-electron chi connectivity index (χ0n) is 11.3. The number of benzene rings is 1. The van der Waals surface area contributed by atoms with E-state index in [9.17, 15) is 10.1 Å². The minimum atomic E-state index is -0.405. The molecule has 0 aliphatic heterocycles. The summed E-state index contributed by atoms with van der Waals surface area (Å²) in [6.07, 6.45) is 0. The van der Waals surface area contributed by atoms with Crippen molar-refractivity contribution in [3.63, 3.8) is 0 Å². The van der Waals surface area contributed by atoms with E-state index in [0.717, 1.165) is 12.4 Å². The molecule has 0 saturated heterocycles. The highest BCUT2D eigenvalue weighted by Crippen LogP contribution is 2.24. The second-order valence-corrected chi connectivity index (χ2v) is 5.45. The van der Waals surface area contributed by atoms with Crippen LogP contribution in [0.2, 0.25) is 0 Å². The Morgan fingerprint density at radius 3 is 2.75 bits per heavy atom. The predicted molar refractivity (Wildman–Crippen MR) is 79.6 cm³/mol. The van der Waals surface area contributed by atoms with Crippen LogP contribution >= 0.6 is 15.9 Å². The van der Waals surface area contributed by atoms with Gasteiger partial charge in [0.2, 0.25) is 0 Å². The van der Waals surface area contributed by atoms with E-state index >= 15 is 0 Å². The average Bonchev–Trinajstić information content (AvgIpc) is 2.81. The van der Waals surface area contributed by atoms with Gasteiger partial charge in [-0.25, -0.2) is 0 Å². The Labute approximate surface area is 125 Å². The number of hydrogen-bond donors (Lipinski definition) is 0. The first-order valence-electron chi connectivity index (χ1n) is 6.25. The molecule has 2 rings (SSSR count). The molecule has 1 aromatic heterocycles. The molecule has 1 aromatic carbocycles. The lowest BCUT2D eigenvalue weighted by Gasteiger charge is -2.11. The first-order chi connectivity index (χ1) is 9.52. The van der Waals surface area contributed by atoms with Crippen molar-refractivity contribution in [2.75, 3.05) is 0 Å². The van der Waals surface area contributed by atoms with E-state index in [1.54, 1.807) is 6.07 Å². The van der Waals surface area contributed by atoms with Crippen LogP contribution in [0.1, 0.15) is 19.7 Å². The van der Waals surface area contributed by atoms with E-state index in [1.807, 2.05) is 10.6 Å². The maximum absolute atomic E-state index is 10.9. The summed E-state index contributed by atoms with van der Waals surface area (Å²) in [6, 6.07) is 6.47. The lowest BCUT2D eigenvalue weighted by atomic mass is 10.1. The first-order valence-corrected chi connectivity index (χ1v) is 7.38. The predicted octanol–water partition coefficient (Wildman–Crippen LogP) is 3.40. The molecule has 0 atom stereocenters. The molecule has 0 fully saturated rings. The number of aromatic nitrogens is 3. The van der Waals surface area contributed by atoms with Gasteiger partial charge < -0.3 is 4.57 Å². The number of hydrogen-bond acceptors (Lipinski definition) is 4. The SMILES string of the molecule is CC(C)Cn1c(CBr)nnc1-c1cccc([N+](=O)[O-])c1. The van der Waals surface area contributed by atoms with Gasteiger partial charge >= 0.3 is 0 Å². The van der Waals surface area contributed by atoms with E-state index in [4.69, 9.17) is 0 Å². The Morgan fingerprint density at radius 2 is 2.15 bits per heavy atom. The molecule has 1 heterocycles. The summed E-state index contributed by atoms with van der Waals surface area (Å²) in [5.41, 5.74) is 0.765. The highest BCUT2D eigenvalue weighted by atomic mass is 79.9. The quantitative estimate of drug-likeness (QED) is 0.475. The monoisotopic (exact) mass is 338 g/mol. The van der Waals surface area contributed by atoms with Gasteiger partial charge in [-0.1, -0.05) is 41.9 Å². The molecule has 0 saturated carbocycles. The second kappa shape index (κ2) is 6.13. The largest absolute Gasteiger partial charge is 0.310 e. The van der Waals surface area contributed by atoms with Crippen molar-refractivity contribution in [1.29, 1.82) is 0 Å². The molecule has 106 valence electrons. The van der Waals surface area contributed by atoms with Crippen molar-refractivity contribution in [2.45, 2.75) is 25.7 Å². The molecule has 0 unspecified atom stereocenters. The Morgan fingerprint density at radius 1 is 1.40 bits per heavy atom. The Hall–Kier alpha value is -1.76. The van der Waals surface area contributed by atoms with Gasteiger partial charge in [-0.15, -0.1) is 10.2 Å². The van der Waals surface area contributed by atoms with Crippen LogP contribution in [0.25, 0.3) is 11.4 Å². The topological polar surface area (TPSA) is 73.8 Å².